The van der Waals surface area contributed by atoms with Crippen LogP contribution in [0.1, 0.15) is 25.3 Å². The SMILES string of the molecule is CCOC(=O)C1CCN(CC(=O)Nc2ccccc2SCc2ccccc2)CC1. The molecule has 1 saturated heterocycles. The molecule has 0 aromatic heterocycles. The van der Waals surface area contributed by atoms with E-state index in [1.807, 2.05) is 49.4 Å². The summed E-state index contributed by atoms with van der Waals surface area (Å²) in [6, 6.07) is 18.2. The Labute approximate surface area is 176 Å². The fourth-order valence-corrected chi connectivity index (χ4v) is 4.37. The summed E-state index contributed by atoms with van der Waals surface area (Å²) in [6.45, 7) is 4.06. The molecule has 1 aliphatic rings. The first kappa shape index (κ1) is 21.4. The van der Waals surface area contributed by atoms with E-state index in [2.05, 4.69) is 22.3 Å². The first-order valence-electron chi connectivity index (χ1n) is 10.1. The number of anilines is 1. The number of hydrogen-bond acceptors (Lipinski definition) is 5. The molecular formula is C23H28N2O3S. The summed E-state index contributed by atoms with van der Waals surface area (Å²) in [5, 5.41) is 3.06. The number of ether oxygens (including phenoxy) is 1. The summed E-state index contributed by atoms with van der Waals surface area (Å²) in [4.78, 5) is 27.6. The largest absolute Gasteiger partial charge is 0.466 e. The summed E-state index contributed by atoms with van der Waals surface area (Å²) >= 11 is 1.72. The van der Waals surface area contributed by atoms with Crippen molar-refractivity contribution in [3.8, 4) is 0 Å². The average Bonchev–Trinajstić information content (AvgIpc) is 2.74. The highest BCUT2D eigenvalue weighted by Crippen LogP contribution is 2.30. The van der Waals surface area contributed by atoms with Crippen molar-refractivity contribution < 1.29 is 14.3 Å². The number of benzene rings is 2. The van der Waals surface area contributed by atoms with E-state index in [9.17, 15) is 9.59 Å². The topological polar surface area (TPSA) is 58.6 Å². The van der Waals surface area contributed by atoms with Crippen LogP contribution in [0, 0.1) is 5.92 Å². The molecular weight excluding hydrogens is 384 g/mol. The highest BCUT2D eigenvalue weighted by molar-refractivity contribution is 7.98. The fourth-order valence-electron chi connectivity index (χ4n) is 3.41. The molecule has 1 aliphatic heterocycles. The van der Waals surface area contributed by atoms with Gasteiger partial charge in [0.1, 0.15) is 0 Å². The Morgan fingerprint density at radius 2 is 1.76 bits per heavy atom. The first-order chi connectivity index (χ1) is 14.2. The summed E-state index contributed by atoms with van der Waals surface area (Å²) < 4.78 is 5.11. The lowest BCUT2D eigenvalue weighted by Gasteiger charge is -2.30. The Hall–Kier alpha value is -2.31. The van der Waals surface area contributed by atoms with Gasteiger partial charge in [-0.15, -0.1) is 11.8 Å². The van der Waals surface area contributed by atoms with Crippen LogP contribution in [-0.4, -0.2) is 43.0 Å². The number of esters is 1. The molecule has 0 saturated carbocycles. The minimum atomic E-state index is -0.110. The van der Waals surface area contributed by atoms with Gasteiger partial charge in [-0.25, -0.2) is 0 Å². The van der Waals surface area contributed by atoms with E-state index in [4.69, 9.17) is 4.74 Å². The molecule has 29 heavy (non-hydrogen) atoms. The Morgan fingerprint density at radius 1 is 1.07 bits per heavy atom. The molecule has 3 rings (SSSR count). The van der Waals surface area contributed by atoms with Gasteiger partial charge in [0, 0.05) is 10.6 Å². The quantitative estimate of drug-likeness (QED) is 0.520. The van der Waals surface area contributed by atoms with Gasteiger partial charge in [0.2, 0.25) is 5.91 Å². The van der Waals surface area contributed by atoms with E-state index in [0.717, 1.165) is 42.3 Å². The molecule has 1 amide bonds. The molecule has 154 valence electrons. The Bertz CT molecular complexity index is 805. The van der Waals surface area contributed by atoms with E-state index in [1.165, 1.54) is 5.56 Å². The van der Waals surface area contributed by atoms with E-state index in [-0.39, 0.29) is 17.8 Å². The number of nitrogens with one attached hydrogen (secondary N) is 1. The minimum absolute atomic E-state index is 0.0210. The van der Waals surface area contributed by atoms with Crippen LogP contribution in [-0.2, 0) is 20.1 Å². The van der Waals surface area contributed by atoms with Crippen LogP contribution in [0.25, 0.3) is 0 Å². The fraction of sp³-hybridized carbons (Fsp3) is 0.391. The minimum Gasteiger partial charge on any atom is -0.466 e. The number of nitrogens with zero attached hydrogens (tertiary/aromatic N) is 1. The molecule has 0 unspecified atom stereocenters. The van der Waals surface area contributed by atoms with Crippen LogP contribution in [0.5, 0.6) is 0 Å². The molecule has 0 spiro atoms. The molecule has 0 atom stereocenters. The normalized spacial score (nSPS) is 15.1. The lowest BCUT2D eigenvalue weighted by atomic mass is 9.97. The van der Waals surface area contributed by atoms with E-state index < -0.39 is 0 Å². The maximum Gasteiger partial charge on any atom is 0.309 e. The summed E-state index contributed by atoms with van der Waals surface area (Å²) in [5.41, 5.74) is 2.10. The summed E-state index contributed by atoms with van der Waals surface area (Å²) in [6.07, 6.45) is 1.49. The monoisotopic (exact) mass is 412 g/mol. The third-order valence-electron chi connectivity index (χ3n) is 4.97. The van der Waals surface area contributed by atoms with Gasteiger partial charge in [0.25, 0.3) is 0 Å². The van der Waals surface area contributed by atoms with Gasteiger partial charge >= 0.3 is 5.97 Å². The van der Waals surface area contributed by atoms with Crippen LogP contribution in [0.4, 0.5) is 5.69 Å². The zero-order valence-corrected chi connectivity index (χ0v) is 17.6. The molecule has 5 nitrogen and oxygen atoms in total. The predicted octanol–water partition coefficient (Wildman–Crippen LogP) is 4.19. The summed E-state index contributed by atoms with van der Waals surface area (Å²) in [7, 11) is 0. The van der Waals surface area contributed by atoms with Crippen molar-refractivity contribution in [2.45, 2.75) is 30.4 Å². The summed E-state index contributed by atoms with van der Waals surface area (Å²) in [5.74, 6) is 0.687. The average molecular weight is 413 g/mol. The van der Waals surface area contributed by atoms with Gasteiger partial charge in [-0.1, -0.05) is 42.5 Å². The number of carbonyl (C=O) groups excluding carboxylic acids is 2. The number of para-hydroxylation sites is 1. The molecule has 2 aromatic carbocycles. The predicted molar refractivity (Wildman–Crippen MR) is 117 cm³/mol. The maximum absolute atomic E-state index is 12.6. The van der Waals surface area contributed by atoms with E-state index in [0.29, 0.717) is 13.2 Å². The highest BCUT2D eigenvalue weighted by Gasteiger charge is 2.26. The smallest absolute Gasteiger partial charge is 0.309 e. The molecule has 0 bridgehead atoms. The molecule has 0 aliphatic carbocycles. The number of carbonyl (C=O) groups is 2. The zero-order chi connectivity index (χ0) is 20.5. The Morgan fingerprint density at radius 3 is 2.48 bits per heavy atom. The molecule has 1 N–H and O–H groups in total. The van der Waals surface area contributed by atoms with Gasteiger partial charge in [-0.3, -0.25) is 14.5 Å². The third kappa shape index (κ3) is 6.61. The number of amides is 1. The zero-order valence-electron chi connectivity index (χ0n) is 16.8. The van der Waals surface area contributed by atoms with Gasteiger partial charge in [0.15, 0.2) is 0 Å². The lowest BCUT2D eigenvalue weighted by molar-refractivity contribution is -0.149. The second-order valence-electron chi connectivity index (χ2n) is 7.12. The number of piperidine rings is 1. The molecule has 1 fully saturated rings. The standard InChI is InChI=1S/C23H28N2O3S/c1-2-28-23(27)19-12-14-25(15-13-19)16-22(26)24-20-10-6-7-11-21(20)29-17-18-8-4-3-5-9-18/h3-11,19H,2,12-17H2,1H3,(H,24,26). The van der Waals surface area contributed by atoms with Gasteiger partial charge in [-0.2, -0.15) is 0 Å². The van der Waals surface area contributed by atoms with Gasteiger partial charge < -0.3 is 10.1 Å². The number of rotatable bonds is 8. The lowest BCUT2D eigenvalue weighted by Crippen LogP contribution is -2.41. The first-order valence-corrected chi connectivity index (χ1v) is 11.1. The number of likely N-dealkylation sites (tertiary alicyclic amines) is 1. The molecule has 2 aromatic rings. The van der Waals surface area contributed by atoms with Gasteiger partial charge in [0.05, 0.1) is 24.8 Å². The molecule has 1 heterocycles. The van der Waals surface area contributed by atoms with E-state index >= 15 is 0 Å². The van der Waals surface area contributed by atoms with Crippen molar-refractivity contribution in [3.63, 3.8) is 0 Å². The van der Waals surface area contributed by atoms with Crippen molar-refractivity contribution in [1.29, 1.82) is 0 Å². The van der Waals surface area contributed by atoms with Crippen LogP contribution >= 0.6 is 11.8 Å². The highest BCUT2D eigenvalue weighted by atomic mass is 32.2. The van der Waals surface area contributed by atoms with Gasteiger partial charge in [-0.05, 0) is 50.6 Å². The third-order valence-corrected chi connectivity index (χ3v) is 6.12. The van der Waals surface area contributed by atoms with Crippen LogP contribution in [0.15, 0.2) is 59.5 Å². The second-order valence-corrected chi connectivity index (χ2v) is 8.14. The van der Waals surface area contributed by atoms with Crippen LogP contribution in [0.2, 0.25) is 0 Å². The van der Waals surface area contributed by atoms with Crippen LogP contribution in [0.3, 0.4) is 0 Å². The van der Waals surface area contributed by atoms with E-state index in [1.54, 1.807) is 11.8 Å². The van der Waals surface area contributed by atoms with Crippen molar-refractivity contribution in [2.75, 3.05) is 31.6 Å². The van der Waals surface area contributed by atoms with Crippen molar-refractivity contribution in [1.82, 2.24) is 4.90 Å². The Kier molecular flexibility index (Phi) is 8.14. The van der Waals surface area contributed by atoms with Crippen LogP contribution < -0.4 is 5.32 Å². The molecule has 6 heteroatoms. The van der Waals surface area contributed by atoms with Crippen molar-refractivity contribution >= 4 is 29.3 Å². The van der Waals surface area contributed by atoms with Crippen molar-refractivity contribution in [2.24, 2.45) is 5.92 Å². The number of hydrogen-bond donors (Lipinski definition) is 1. The second kappa shape index (κ2) is 11.0. The Balaban J connectivity index is 1.49. The molecule has 0 radical (unpaired) electrons. The van der Waals surface area contributed by atoms with Crippen molar-refractivity contribution in [3.05, 3.63) is 60.2 Å². The maximum atomic E-state index is 12.6. The number of thioether (sulfide) groups is 1.